The summed E-state index contributed by atoms with van der Waals surface area (Å²) in [4.78, 5) is 15.0. The van der Waals surface area contributed by atoms with E-state index in [0.717, 1.165) is 15.5 Å². The van der Waals surface area contributed by atoms with Gasteiger partial charge in [0.15, 0.2) is 0 Å². The zero-order valence-corrected chi connectivity index (χ0v) is 12.2. The molecular weight excluding hydrogens is 296 g/mol. The maximum Gasteiger partial charge on any atom is 0.414 e. The molecule has 1 amide bonds. The molecule has 2 aromatic rings. The predicted molar refractivity (Wildman–Crippen MR) is 78.6 cm³/mol. The summed E-state index contributed by atoms with van der Waals surface area (Å²) < 4.78 is 6.97. The second-order valence-electron chi connectivity index (χ2n) is 4.45. The number of carbonyl (C=O) groups excluding carboxylic acids is 1. The van der Waals surface area contributed by atoms with Gasteiger partial charge in [0, 0.05) is 21.7 Å². The van der Waals surface area contributed by atoms with E-state index in [1.807, 2.05) is 18.2 Å². The van der Waals surface area contributed by atoms with Crippen molar-refractivity contribution in [1.29, 1.82) is 0 Å². The van der Waals surface area contributed by atoms with Crippen molar-refractivity contribution in [1.82, 2.24) is 15.0 Å². The summed E-state index contributed by atoms with van der Waals surface area (Å²) in [6, 6.07) is 5.42. The molecule has 2 heterocycles. The van der Waals surface area contributed by atoms with Crippen molar-refractivity contribution in [3.05, 3.63) is 30.6 Å². The van der Waals surface area contributed by atoms with Gasteiger partial charge in [-0.3, -0.25) is 4.90 Å². The highest BCUT2D eigenvalue weighted by Gasteiger charge is 2.32. The molecule has 1 atom stereocenters. The van der Waals surface area contributed by atoms with Crippen LogP contribution in [0, 0.1) is 0 Å². The third-order valence-corrected chi connectivity index (χ3v) is 3.45. The number of thiol groups is 2. The van der Waals surface area contributed by atoms with Gasteiger partial charge in [-0.2, -0.15) is 0 Å². The Morgan fingerprint density at radius 2 is 2.05 bits per heavy atom. The molecule has 1 aliphatic rings. The van der Waals surface area contributed by atoms with Gasteiger partial charge < -0.3 is 4.74 Å². The fourth-order valence-electron chi connectivity index (χ4n) is 2.10. The molecule has 1 unspecified atom stereocenters. The fraction of sp³-hybridized carbons (Fsp3) is 0.250. The number of aromatic nitrogens is 3. The minimum Gasteiger partial charge on any atom is -0.442 e. The number of anilines is 1. The Labute approximate surface area is 126 Å². The van der Waals surface area contributed by atoms with Crippen molar-refractivity contribution in [2.75, 3.05) is 11.4 Å². The van der Waals surface area contributed by atoms with E-state index in [2.05, 4.69) is 35.6 Å². The van der Waals surface area contributed by atoms with Gasteiger partial charge in [0.25, 0.3) is 0 Å². The first-order valence-electron chi connectivity index (χ1n) is 5.97. The molecule has 104 valence electrons. The first-order chi connectivity index (χ1) is 9.61. The number of carbonyl (C=O) groups is 1. The highest BCUT2D eigenvalue weighted by atomic mass is 32.1. The number of rotatable bonds is 3. The van der Waals surface area contributed by atoms with E-state index in [-0.39, 0.29) is 12.2 Å². The second-order valence-corrected chi connectivity index (χ2v) is 5.48. The smallest absolute Gasteiger partial charge is 0.414 e. The van der Waals surface area contributed by atoms with Crippen LogP contribution in [0.1, 0.15) is 0 Å². The molecule has 1 saturated heterocycles. The maximum absolute atomic E-state index is 11.9. The summed E-state index contributed by atoms with van der Waals surface area (Å²) in [5.74, 6) is 0. The van der Waals surface area contributed by atoms with Gasteiger partial charge in [0.1, 0.15) is 6.10 Å². The van der Waals surface area contributed by atoms with Crippen LogP contribution in [0.4, 0.5) is 10.5 Å². The molecule has 1 aromatic heterocycles. The molecule has 20 heavy (non-hydrogen) atoms. The lowest BCUT2D eigenvalue weighted by atomic mass is 10.2. The lowest BCUT2D eigenvalue weighted by Gasteiger charge is -2.14. The van der Waals surface area contributed by atoms with Crippen molar-refractivity contribution in [3.8, 4) is 0 Å². The lowest BCUT2D eigenvalue weighted by molar-refractivity contribution is 0.129. The lowest BCUT2D eigenvalue weighted by Crippen LogP contribution is -2.26. The van der Waals surface area contributed by atoms with Crippen molar-refractivity contribution in [2.45, 2.75) is 22.4 Å². The van der Waals surface area contributed by atoms with Crippen LogP contribution in [-0.2, 0) is 11.3 Å². The Balaban J connectivity index is 1.76. The van der Waals surface area contributed by atoms with E-state index in [9.17, 15) is 4.79 Å². The van der Waals surface area contributed by atoms with Crippen molar-refractivity contribution in [2.24, 2.45) is 0 Å². The molecule has 1 aromatic carbocycles. The van der Waals surface area contributed by atoms with E-state index in [1.165, 1.54) is 0 Å². The summed E-state index contributed by atoms with van der Waals surface area (Å²) >= 11 is 8.58. The Bertz CT molecular complexity index is 612. The van der Waals surface area contributed by atoms with Crippen molar-refractivity contribution >= 4 is 37.0 Å². The normalized spacial score (nSPS) is 18.4. The van der Waals surface area contributed by atoms with Gasteiger partial charge in [0.2, 0.25) is 0 Å². The van der Waals surface area contributed by atoms with Gasteiger partial charge in [-0.1, -0.05) is 5.21 Å². The number of amides is 1. The van der Waals surface area contributed by atoms with E-state index in [1.54, 1.807) is 22.0 Å². The van der Waals surface area contributed by atoms with E-state index in [4.69, 9.17) is 4.74 Å². The van der Waals surface area contributed by atoms with Crippen LogP contribution in [0.5, 0.6) is 0 Å². The van der Waals surface area contributed by atoms with Crippen LogP contribution < -0.4 is 4.90 Å². The molecule has 0 bridgehead atoms. The SMILES string of the molecule is O=C1OC(Cn2ccnn2)CN1c1cc(S)cc(S)c1. The first kappa shape index (κ1) is 13.3. The number of cyclic esters (lactones) is 1. The van der Waals surface area contributed by atoms with E-state index >= 15 is 0 Å². The van der Waals surface area contributed by atoms with E-state index < -0.39 is 0 Å². The van der Waals surface area contributed by atoms with Crippen LogP contribution >= 0.6 is 25.3 Å². The second kappa shape index (κ2) is 5.37. The monoisotopic (exact) mass is 308 g/mol. The van der Waals surface area contributed by atoms with Gasteiger partial charge in [0.05, 0.1) is 19.3 Å². The van der Waals surface area contributed by atoms with Crippen LogP contribution in [0.25, 0.3) is 0 Å². The largest absolute Gasteiger partial charge is 0.442 e. The van der Waals surface area contributed by atoms with Crippen LogP contribution in [-0.4, -0.2) is 33.7 Å². The fourth-order valence-corrected chi connectivity index (χ4v) is 2.75. The van der Waals surface area contributed by atoms with Crippen LogP contribution in [0.2, 0.25) is 0 Å². The Hall–Kier alpha value is -1.67. The minimum absolute atomic E-state index is 0.254. The van der Waals surface area contributed by atoms with Crippen molar-refractivity contribution < 1.29 is 9.53 Å². The summed E-state index contributed by atoms with van der Waals surface area (Å²) in [6.45, 7) is 0.944. The summed E-state index contributed by atoms with van der Waals surface area (Å²) in [5.41, 5.74) is 0.730. The molecular formula is C12H12N4O2S2. The molecule has 1 fully saturated rings. The van der Waals surface area contributed by atoms with E-state index in [0.29, 0.717) is 13.1 Å². The Kier molecular flexibility index (Phi) is 3.58. The molecule has 0 spiro atoms. The summed E-state index contributed by atoms with van der Waals surface area (Å²) in [7, 11) is 0. The Morgan fingerprint density at radius 1 is 1.30 bits per heavy atom. The van der Waals surface area contributed by atoms with Gasteiger partial charge in [-0.15, -0.1) is 30.4 Å². The van der Waals surface area contributed by atoms with Crippen molar-refractivity contribution in [3.63, 3.8) is 0 Å². The van der Waals surface area contributed by atoms with Crippen LogP contribution in [0.3, 0.4) is 0 Å². The summed E-state index contributed by atoms with van der Waals surface area (Å²) in [6.07, 6.45) is 2.70. The highest BCUT2D eigenvalue weighted by molar-refractivity contribution is 7.81. The standard InChI is InChI=1S/C12H12N4O2S2/c17-12-16(8-3-10(19)5-11(20)4-8)7-9(18-12)6-15-2-1-13-14-15/h1-5,9,19-20H,6-7H2. The Morgan fingerprint density at radius 3 is 2.70 bits per heavy atom. The molecule has 0 radical (unpaired) electrons. The predicted octanol–water partition coefficient (Wildman–Crippen LogP) is 1.88. The average molecular weight is 308 g/mol. The van der Waals surface area contributed by atoms with Gasteiger partial charge in [-0.05, 0) is 18.2 Å². The molecule has 3 rings (SSSR count). The topological polar surface area (TPSA) is 60.3 Å². The summed E-state index contributed by atoms with van der Waals surface area (Å²) in [5, 5.41) is 7.59. The maximum atomic E-state index is 11.9. The van der Waals surface area contributed by atoms with Gasteiger partial charge >= 0.3 is 6.09 Å². The number of nitrogens with zero attached hydrogens (tertiary/aromatic N) is 4. The number of hydrogen-bond donors (Lipinski definition) is 2. The minimum atomic E-state index is -0.373. The molecule has 0 saturated carbocycles. The van der Waals surface area contributed by atoms with Crippen LogP contribution in [0.15, 0.2) is 40.4 Å². The number of ether oxygens (including phenoxy) is 1. The average Bonchev–Trinajstić information content (AvgIpc) is 2.98. The third-order valence-electron chi connectivity index (χ3n) is 2.94. The molecule has 1 aliphatic heterocycles. The first-order valence-corrected chi connectivity index (χ1v) is 6.86. The number of benzene rings is 1. The molecule has 0 aliphatic carbocycles. The molecule has 8 heteroatoms. The molecule has 6 nitrogen and oxygen atoms in total. The third kappa shape index (κ3) is 2.75. The highest BCUT2D eigenvalue weighted by Crippen LogP contribution is 2.27. The van der Waals surface area contributed by atoms with Gasteiger partial charge in [-0.25, -0.2) is 9.48 Å². The quantitative estimate of drug-likeness (QED) is 0.850. The number of hydrogen-bond acceptors (Lipinski definition) is 6. The molecule has 0 N–H and O–H groups in total. The zero-order chi connectivity index (χ0) is 14.1. The zero-order valence-electron chi connectivity index (χ0n) is 10.4.